The third kappa shape index (κ3) is 3.67. The number of nitrogens with zero attached hydrogens (tertiary/aromatic N) is 1. The van der Waals surface area contributed by atoms with Gasteiger partial charge in [-0.15, -0.1) is 0 Å². The van der Waals surface area contributed by atoms with Crippen LogP contribution in [0.1, 0.15) is 6.42 Å². The third-order valence-electron chi connectivity index (χ3n) is 1.88. The molecule has 0 spiro atoms. The fraction of sp³-hybridized carbons (Fsp3) is 0.400. The standard InChI is InChI=1S/C10H12ClNO4/c1-15-5-2-6-16-10-7-8(12(13)14)3-4-9(10)11/h3-4,7H,2,5-6H2,1H3. The number of methoxy groups -OCH3 is 1. The number of hydrogen-bond acceptors (Lipinski definition) is 4. The lowest BCUT2D eigenvalue weighted by Gasteiger charge is -2.07. The van der Waals surface area contributed by atoms with Gasteiger partial charge in [-0.1, -0.05) is 11.6 Å². The van der Waals surface area contributed by atoms with Gasteiger partial charge >= 0.3 is 0 Å². The van der Waals surface area contributed by atoms with Crippen molar-refractivity contribution in [1.82, 2.24) is 0 Å². The fourth-order valence-electron chi connectivity index (χ4n) is 1.10. The largest absolute Gasteiger partial charge is 0.492 e. The molecule has 0 fully saturated rings. The van der Waals surface area contributed by atoms with Crippen LogP contribution in [0.15, 0.2) is 18.2 Å². The number of ether oxygens (including phenoxy) is 2. The monoisotopic (exact) mass is 245 g/mol. The highest BCUT2D eigenvalue weighted by Crippen LogP contribution is 2.28. The zero-order valence-corrected chi connectivity index (χ0v) is 9.57. The van der Waals surface area contributed by atoms with Crippen LogP contribution in [-0.4, -0.2) is 25.2 Å². The van der Waals surface area contributed by atoms with Crippen LogP contribution in [0.4, 0.5) is 5.69 Å². The van der Waals surface area contributed by atoms with Crippen LogP contribution in [0.3, 0.4) is 0 Å². The maximum absolute atomic E-state index is 10.5. The average molecular weight is 246 g/mol. The van der Waals surface area contributed by atoms with Gasteiger partial charge in [0.05, 0.1) is 22.6 Å². The van der Waals surface area contributed by atoms with Gasteiger partial charge in [-0.2, -0.15) is 0 Å². The SMILES string of the molecule is COCCCOc1cc([N+](=O)[O-])ccc1Cl. The summed E-state index contributed by atoms with van der Waals surface area (Å²) in [5.74, 6) is 0.326. The van der Waals surface area contributed by atoms with Gasteiger partial charge in [0.1, 0.15) is 5.75 Å². The highest BCUT2D eigenvalue weighted by Gasteiger charge is 2.10. The van der Waals surface area contributed by atoms with Crippen LogP contribution in [0.5, 0.6) is 5.75 Å². The molecular weight excluding hydrogens is 234 g/mol. The summed E-state index contributed by atoms with van der Waals surface area (Å²) in [6.07, 6.45) is 0.704. The molecule has 0 amide bonds. The summed E-state index contributed by atoms with van der Waals surface area (Å²) in [6, 6.07) is 4.10. The predicted molar refractivity (Wildman–Crippen MR) is 60.1 cm³/mol. The van der Waals surface area contributed by atoms with E-state index in [-0.39, 0.29) is 5.69 Å². The highest BCUT2D eigenvalue weighted by atomic mass is 35.5. The number of nitro groups is 1. The van der Waals surface area contributed by atoms with Crippen molar-refractivity contribution in [2.24, 2.45) is 0 Å². The van der Waals surface area contributed by atoms with Gasteiger partial charge in [0.25, 0.3) is 5.69 Å². The summed E-state index contributed by atoms with van der Waals surface area (Å²) in [4.78, 5) is 10.0. The van der Waals surface area contributed by atoms with Gasteiger partial charge in [0, 0.05) is 26.2 Å². The first-order chi connectivity index (χ1) is 7.65. The smallest absolute Gasteiger partial charge is 0.273 e. The minimum atomic E-state index is -0.488. The van der Waals surface area contributed by atoms with E-state index >= 15 is 0 Å². The van der Waals surface area contributed by atoms with E-state index in [0.717, 1.165) is 0 Å². The summed E-state index contributed by atoms with van der Waals surface area (Å²) in [5.41, 5.74) is -0.0360. The van der Waals surface area contributed by atoms with Crippen molar-refractivity contribution in [2.75, 3.05) is 20.3 Å². The maximum Gasteiger partial charge on any atom is 0.273 e. The molecule has 16 heavy (non-hydrogen) atoms. The lowest BCUT2D eigenvalue weighted by Crippen LogP contribution is -2.02. The number of benzene rings is 1. The highest BCUT2D eigenvalue weighted by molar-refractivity contribution is 6.32. The zero-order chi connectivity index (χ0) is 12.0. The quantitative estimate of drug-likeness (QED) is 0.439. The molecule has 0 heterocycles. The third-order valence-corrected chi connectivity index (χ3v) is 2.19. The molecule has 1 aromatic carbocycles. The van der Waals surface area contributed by atoms with Crippen LogP contribution in [0, 0.1) is 10.1 Å². The van der Waals surface area contributed by atoms with Crippen molar-refractivity contribution in [2.45, 2.75) is 6.42 Å². The molecule has 5 nitrogen and oxygen atoms in total. The van der Waals surface area contributed by atoms with Crippen LogP contribution in [0.25, 0.3) is 0 Å². The van der Waals surface area contributed by atoms with Crippen molar-refractivity contribution in [3.05, 3.63) is 33.3 Å². The van der Waals surface area contributed by atoms with Gasteiger partial charge in [0.2, 0.25) is 0 Å². The van der Waals surface area contributed by atoms with Crippen molar-refractivity contribution in [3.63, 3.8) is 0 Å². The summed E-state index contributed by atoms with van der Waals surface area (Å²) >= 11 is 5.83. The summed E-state index contributed by atoms with van der Waals surface area (Å²) in [5, 5.41) is 10.9. The first kappa shape index (κ1) is 12.7. The van der Waals surface area contributed by atoms with Crippen LogP contribution < -0.4 is 4.74 Å². The minimum Gasteiger partial charge on any atom is -0.492 e. The number of non-ortho nitro benzene ring substituents is 1. The van der Waals surface area contributed by atoms with Crippen molar-refractivity contribution in [1.29, 1.82) is 0 Å². The van der Waals surface area contributed by atoms with E-state index < -0.39 is 4.92 Å². The molecule has 0 aliphatic carbocycles. The fourth-order valence-corrected chi connectivity index (χ4v) is 1.27. The lowest BCUT2D eigenvalue weighted by atomic mass is 10.3. The number of rotatable bonds is 6. The van der Waals surface area contributed by atoms with Crippen LogP contribution in [0.2, 0.25) is 5.02 Å². The Kier molecular flexibility index (Phi) is 5.01. The van der Waals surface area contributed by atoms with E-state index in [0.29, 0.717) is 30.4 Å². The Morgan fingerprint density at radius 1 is 1.44 bits per heavy atom. The van der Waals surface area contributed by atoms with E-state index in [2.05, 4.69) is 0 Å². The summed E-state index contributed by atoms with van der Waals surface area (Å²) < 4.78 is 10.2. The normalized spacial score (nSPS) is 10.1. The molecule has 0 atom stereocenters. The second-order valence-corrected chi connectivity index (χ2v) is 3.47. The molecule has 0 radical (unpaired) electrons. The molecule has 0 N–H and O–H groups in total. The van der Waals surface area contributed by atoms with Gasteiger partial charge in [-0.25, -0.2) is 0 Å². The molecule has 0 aliphatic rings. The van der Waals surface area contributed by atoms with Crippen LogP contribution in [-0.2, 0) is 4.74 Å². The van der Waals surface area contributed by atoms with E-state index in [1.165, 1.54) is 18.2 Å². The van der Waals surface area contributed by atoms with Crippen molar-refractivity contribution < 1.29 is 14.4 Å². The molecule has 0 aliphatic heterocycles. The lowest BCUT2D eigenvalue weighted by molar-refractivity contribution is -0.384. The Bertz CT molecular complexity index is 370. The molecule has 0 saturated carbocycles. The first-order valence-electron chi connectivity index (χ1n) is 4.71. The van der Waals surface area contributed by atoms with E-state index in [1.54, 1.807) is 7.11 Å². The zero-order valence-electron chi connectivity index (χ0n) is 8.81. The van der Waals surface area contributed by atoms with E-state index in [9.17, 15) is 10.1 Å². The molecule has 1 aromatic rings. The Hall–Kier alpha value is -1.33. The molecule has 0 unspecified atom stereocenters. The average Bonchev–Trinajstić information content (AvgIpc) is 2.26. The second-order valence-electron chi connectivity index (χ2n) is 3.07. The second kappa shape index (κ2) is 6.30. The Morgan fingerprint density at radius 3 is 2.81 bits per heavy atom. The van der Waals surface area contributed by atoms with Gasteiger partial charge in [0.15, 0.2) is 0 Å². The van der Waals surface area contributed by atoms with E-state index in [4.69, 9.17) is 21.1 Å². The molecule has 0 saturated heterocycles. The van der Waals surface area contributed by atoms with Crippen molar-refractivity contribution in [3.8, 4) is 5.75 Å². The summed E-state index contributed by atoms with van der Waals surface area (Å²) in [6.45, 7) is 0.987. The molecule has 0 aromatic heterocycles. The van der Waals surface area contributed by atoms with Gasteiger partial charge in [-0.05, 0) is 6.07 Å². The topological polar surface area (TPSA) is 61.6 Å². The van der Waals surface area contributed by atoms with Gasteiger partial charge < -0.3 is 9.47 Å². The molecule has 88 valence electrons. The molecule has 1 rings (SSSR count). The summed E-state index contributed by atoms with van der Waals surface area (Å²) in [7, 11) is 1.60. The predicted octanol–water partition coefficient (Wildman–Crippen LogP) is 2.66. The van der Waals surface area contributed by atoms with E-state index in [1.807, 2.05) is 0 Å². The first-order valence-corrected chi connectivity index (χ1v) is 5.08. The number of nitro benzene ring substituents is 1. The molecular formula is C10H12ClNO4. The van der Waals surface area contributed by atoms with Gasteiger partial charge in [-0.3, -0.25) is 10.1 Å². The number of halogens is 1. The van der Waals surface area contributed by atoms with Crippen LogP contribution >= 0.6 is 11.6 Å². The number of hydrogen-bond donors (Lipinski definition) is 0. The minimum absolute atomic E-state index is 0.0360. The van der Waals surface area contributed by atoms with Crippen molar-refractivity contribution >= 4 is 17.3 Å². The maximum atomic E-state index is 10.5. The Morgan fingerprint density at radius 2 is 2.19 bits per heavy atom. The Balaban J connectivity index is 2.63. The molecule has 6 heteroatoms. The molecule has 0 bridgehead atoms. The Labute approximate surface area is 98.1 Å².